The first-order valence-corrected chi connectivity index (χ1v) is 7.14. The van der Waals surface area contributed by atoms with E-state index in [-0.39, 0.29) is 11.7 Å². The number of nitrogens with zero attached hydrogens (tertiary/aromatic N) is 2. The van der Waals surface area contributed by atoms with Crippen LogP contribution in [0.1, 0.15) is 19.8 Å². The van der Waals surface area contributed by atoms with Crippen LogP contribution in [0.3, 0.4) is 0 Å². The van der Waals surface area contributed by atoms with Gasteiger partial charge in [-0.15, -0.1) is 0 Å². The van der Waals surface area contributed by atoms with Crippen LogP contribution in [-0.2, 0) is 0 Å². The molecular weight excluding hydrogens is 312 g/mol. The summed E-state index contributed by atoms with van der Waals surface area (Å²) in [6.07, 6.45) is 3.85. The second-order valence-corrected chi connectivity index (χ2v) is 5.73. The molecule has 1 aromatic heterocycles. The SMILES string of the molecule is CC(Nc1ncc(Br)cc1[N+](=O)[O-])C1CCCNC1. The van der Waals surface area contributed by atoms with Gasteiger partial charge in [-0.05, 0) is 54.7 Å². The van der Waals surface area contributed by atoms with Crippen LogP contribution in [0.2, 0.25) is 0 Å². The Labute approximate surface area is 120 Å². The molecule has 2 atom stereocenters. The Morgan fingerprint density at radius 1 is 1.68 bits per heavy atom. The van der Waals surface area contributed by atoms with Gasteiger partial charge in [-0.1, -0.05) is 0 Å². The Kier molecular flexibility index (Phi) is 4.71. The summed E-state index contributed by atoms with van der Waals surface area (Å²) in [6.45, 7) is 4.05. The molecular formula is C12H17BrN4O2. The fourth-order valence-electron chi connectivity index (χ4n) is 2.32. The fourth-order valence-corrected chi connectivity index (χ4v) is 2.64. The Bertz CT molecular complexity index is 463. The summed E-state index contributed by atoms with van der Waals surface area (Å²) in [5.74, 6) is 0.810. The van der Waals surface area contributed by atoms with Gasteiger partial charge in [0, 0.05) is 22.8 Å². The lowest BCUT2D eigenvalue weighted by molar-refractivity contribution is -0.384. The molecule has 2 heterocycles. The Balaban J connectivity index is 2.11. The molecule has 0 aromatic carbocycles. The van der Waals surface area contributed by atoms with Crippen LogP contribution >= 0.6 is 15.9 Å². The molecule has 1 saturated heterocycles. The first-order chi connectivity index (χ1) is 9.08. The fraction of sp³-hybridized carbons (Fsp3) is 0.583. The Hall–Kier alpha value is -1.21. The summed E-state index contributed by atoms with van der Waals surface area (Å²) < 4.78 is 0.608. The molecule has 2 unspecified atom stereocenters. The van der Waals surface area contributed by atoms with Gasteiger partial charge in [0.15, 0.2) is 0 Å². The predicted molar refractivity (Wildman–Crippen MR) is 77.3 cm³/mol. The smallest absolute Gasteiger partial charge is 0.312 e. The molecule has 1 aliphatic rings. The molecule has 2 rings (SSSR count). The van der Waals surface area contributed by atoms with Crippen molar-refractivity contribution in [3.05, 3.63) is 26.9 Å². The second kappa shape index (κ2) is 6.29. The van der Waals surface area contributed by atoms with Crippen LogP contribution in [0.4, 0.5) is 11.5 Å². The third-order valence-corrected chi connectivity index (χ3v) is 3.87. The third kappa shape index (κ3) is 3.63. The van der Waals surface area contributed by atoms with E-state index in [2.05, 4.69) is 31.5 Å². The van der Waals surface area contributed by atoms with Gasteiger partial charge in [0.2, 0.25) is 5.82 Å². The van der Waals surface area contributed by atoms with Gasteiger partial charge >= 0.3 is 5.69 Å². The van der Waals surface area contributed by atoms with Gasteiger partial charge in [0.1, 0.15) is 0 Å². The summed E-state index contributed by atoms with van der Waals surface area (Å²) in [7, 11) is 0. The lowest BCUT2D eigenvalue weighted by atomic mass is 9.93. The number of nitrogens with one attached hydrogen (secondary N) is 2. The highest BCUT2D eigenvalue weighted by molar-refractivity contribution is 9.10. The molecule has 7 heteroatoms. The van der Waals surface area contributed by atoms with Crippen LogP contribution in [0.5, 0.6) is 0 Å². The predicted octanol–water partition coefficient (Wildman–Crippen LogP) is 2.55. The lowest BCUT2D eigenvalue weighted by Gasteiger charge is -2.29. The van der Waals surface area contributed by atoms with Crippen molar-refractivity contribution >= 4 is 27.4 Å². The molecule has 104 valence electrons. The number of nitro groups is 1. The van der Waals surface area contributed by atoms with Crippen molar-refractivity contribution in [2.45, 2.75) is 25.8 Å². The number of hydrogen-bond acceptors (Lipinski definition) is 5. The minimum absolute atomic E-state index is 0.00462. The lowest BCUT2D eigenvalue weighted by Crippen LogP contribution is -2.39. The van der Waals surface area contributed by atoms with Gasteiger partial charge in [0.05, 0.1) is 4.92 Å². The number of anilines is 1. The molecule has 19 heavy (non-hydrogen) atoms. The van der Waals surface area contributed by atoms with Gasteiger partial charge in [-0.25, -0.2) is 4.98 Å². The molecule has 2 N–H and O–H groups in total. The average Bonchev–Trinajstić information content (AvgIpc) is 2.41. The maximum Gasteiger partial charge on any atom is 0.312 e. The van der Waals surface area contributed by atoms with Crippen LogP contribution in [-0.4, -0.2) is 29.0 Å². The van der Waals surface area contributed by atoms with Crippen molar-refractivity contribution in [1.82, 2.24) is 10.3 Å². The van der Waals surface area contributed by atoms with E-state index in [0.29, 0.717) is 16.2 Å². The summed E-state index contributed by atoms with van der Waals surface area (Å²) in [5, 5.41) is 17.5. The molecule has 0 spiro atoms. The highest BCUT2D eigenvalue weighted by Gasteiger charge is 2.23. The number of aromatic nitrogens is 1. The van der Waals surface area contributed by atoms with E-state index in [1.165, 1.54) is 6.07 Å². The number of hydrogen-bond donors (Lipinski definition) is 2. The van der Waals surface area contributed by atoms with Crippen molar-refractivity contribution in [3.8, 4) is 0 Å². The average molecular weight is 329 g/mol. The largest absolute Gasteiger partial charge is 0.362 e. The molecule has 0 bridgehead atoms. The topological polar surface area (TPSA) is 80.1 Å². The summed E-state index contributed by atoms with van der Waals surface area (Å²) in [6, 6.07) is 1.63. The number of piperidine rings is 1. The first-order valence-electron chi connectivity index (χ1n) is 6.35. The number of halogens is 1. The van der Waals surface area contributed by atoms with Crippen LogP contribution in [0.25, 0.3) is 0 Å². The minimum Gasteiger partial charge on any atom is -0.362 e. The third-order valence-electron chi connectivity index (χ3n) is 3.44. The van der Waals surface area contributed by atoms with E-state index in [1.807, 2.05) is 6.92 Å². The summed E-state index contributed by atoms with van der Waals surface area (Å²) in [4.78, 5) is 14.7. The van der Waals surface area contributed by atoms with Crippen LogP contribution in [0.15, 0.2) is 16.7 Å². The normalized spacial score (nSPS) is 20.8. The number of pyridine rings is 1. The Morgan fingerprint density at radius 3 is 3.11 bits per heavy atom. The molecule has 0 amide bonds. The standard InChI is InChI=1S/C12H17BrN4O2/c1-8(9-3-2-4-14-6-9)16-12-11(17(18)19)5-10(13)7-15-12/h5,7-9,14H,2-4,6H2,1H3,(H,15,16). The van der Waals surface area contributed by atoms with E-state index in [1.54, 1.807) is 6.20 Å². The molecule has 1 aromatic rings. The molecule has 0 aliphatic carbocycles. The van der Waals surface area contributed by atoms with Gasteiger partial charge in [-0.3, -0.25) is 10.1 Å². The zero-order chi connectivity index (χ0) is 13.8. The van der Waals surface area contributed by atoms with Gasteiger partial charge in [-0.2, -0.15) is 0 Å². The monoisotopic (exact) mass is 328 g/mol. The van der Waals surface area contributed by atoms with Crippen molar-refractivity contribution in [3.63, 3.8) is 0 Å². The highest BCUT2D eigenvalue weighted by Crippen LogP contribution is 2.27. The maximum atomic E-state index is 11.0. The minimum atomic E-state index is -0.411. The van der Waals surface area contributed by atoms with E-state index in [0.717, 1.165) is 25.9 Å². The van der Waals surface area contributed by atoms with Crippen LogP contribution in [0, 0.1) is 16.0 Å². The molecule has 6 nitrogen and oxygen atoms in total. The van der Waals surface area contributed by atoms with Crippen molar-refractivity contribution in [2.24, 2.45) is 5.92 Å². The first kappa shape index (κ1) is 14.2. The van der Waals surface area contributed by atoms with Gasteiger partial charge < -0.3 is 10.6 Å². The van der Waals surface area contributed by atoms with E-state index < -0.39 is 4.92 Å². The molecule has 1 fully saturated rings. The highest BCUT2D eigenvalue weighted by atomic mass is 79.9. The quantitative estimate of drug-likeness (QED) is 0.655. The second-order valence-electron chi connectivity index (χ2n) is 4.82. The van der Waals surface area contributed by atoms with Crippen molar-refractivity contribution in [1.29, 1.82) is 0 Å². The zero-order valence-corrected chi connectivity index (χ0v) is 12.3. The zero-order valence-electron chi connectivity index (χ0n) is 10.7. The van der Waals surface area contributed by atoms with E-state index in [9.17, 15) is 10.1 Å². The molecule has 1 aliphatic heterocycles. The van der Waals surface area contributed by atoms with E-state index in [4.69, 9.17) is 0 Å². The van der Waals surface area contributed by atoms with Crippen molar-refractivity contribution in [2.75, 3.05) is 18.4 Å². The maximum absolute atomic E-state index is 11.0. The van der Waals surface area contributed by atoms with E-state index >= 15 is 0 Å². The number of rotatable bonds is 4. The van der Waals surface area contributed by atoms with Crippen molar-refractivity contribution < 1.29 is 4.92 Å². The molecule has 0 radical (unpaired) electrons. The summed E-state index contributed by atoms with van der Waals surface area (Å²) >= 11 is 3.20. The van der Waals surface area contributed by atoms with Gasteiger partial charge in [0.25, 0.3) is 0 Å². The summed E-state index contributed by atoms with van der Waals surface area (Å²) in [5.41, 5.74) is 0.00462. The Morgan fingerprint density at radius 2 is 2.47 bits per heavy atom. The van der Waals surface area contributed by atoms with Crippen LogP contribution < -0.4 is 10.6 Å². The molecule has 0 saturated carbocycles.